The highest BCUT2D eigenvalue weighted by Crippen LogP contribution is 2.14. The standard InChI is InChI=1S/C11H19N3O/c1-10-2-3-12-8-11(10)15-7-6-14-5-4-13-9-14/h4-5,9-12H,2-3,6-8H2,1H3. The molecule has 2 rings (SSSR count). The van der Waals surface area contributed by atoms with E-state index in [1.165, 1.54) is 6.42 Å². The van der Waals surface area contributed by atoms with Crippen molar-refractivity contribution in [1.82, 2.24) is 14.9 Å². The normalized spacial score (nSPS) is 26.7. The molecule has 84 valence electrons. The molecule has 0 amide bonds. The van der Waals surface area contributed by atoms with Gasteiger partial charge in [0.05, 0.1) is 19.0 Å². The van der Waals surface area contributed by atoms with Crippen molar-refractivity contribution in [3.05, 3.63) is 18.7 Å². The minimum Gasteiger partial charge on any atom is -0.375 e. The minimum absolute atomic E-state index is 0.377. The molecule has 0 spiro atoms. The predicted molar refractivity (Wildman–Crippen MR) is 58.6 cm³/mol. The highest BCUT2D eigenvalue weighted by Gasteiger charge is 2.20. The molecule has 2 heterocycles. The fourth-order valence-corrected chi connectivity index (χ4v) is 1.91. The zero-order valence-corrected chi connectivity index (χ0v) is 9.22. The maximum atomic E-state index is 5.86. The Balaban J connectivity index is 1.68. The van der Waals surface area contributed by atoms with Gasteiger partial charge in [0.1, 0.15) is 0 Å². The zero-order chi connectivity index (χ0) is 10.5. The first-order valence-electron chi connectivity index (χ1n) is 5.64. The second-order valence-electron chi connectivity index (χ2n) is 4.18. The highest BCUT2D eigenvalue weighted by atomic mass is 16.5. The summed E-state index contributed by atoms with van der Waals surface area (Å²) in [6, 6.07) is 0. The van der Waals surface area contributed by atoms with E-state index in [-0.39, 0.29) is 0 Å². The summed E-state index contributed by atoms with van der Waals surface area (Å²) in [5.74, 6) is 0.675. The van der Waals surface area contributed by atoms with Crippen LogP contribution in [0, 0.1) is 5.92 Å². The van der Waals surface area contributed by atoms with Gasteiger partial charge in [0.15, 0.2) is 0 Å². The predicted octanol–water partition coefficient (Wildman–Crippen LogP) is 0.898. The van der Waals surface area contributed by atoms with E-state index in [0.29, 0.717) is 12.0 Å². The van der Waals surface area contributed by atoms with Gasteiger partial charge in [0, 0.05) is 25.5 Å². The molecule has 0 aliphatic carbocycles. The van der Waals surface area contributed by atoms with Crippen LogP contribution in [-0.2, 0) is 11.3 Å². The van der Waals surface area contributed by atoms with Crippen molar-refractivity contribution >= 4 is 0 Å². The van der Waals surface area contributed by atoms with Crippen molar-refractivity contribution in [3.63, 3.8) is 0 Å². The molecule has 2 atom stereocenters. The Morgan fingerprint density at radius 1 is 1.60 bits per heavy atom. The fraction of sp³-hybridized carbons (Fsp3) is 0.727. The van der Waals surface area contributed by atoms with Gasteiger partial charge < -0.3 is 14.6 Å². The first-order chi connectivity index (χ1) is 7.36. The summed E-state index contributed by atoms with van der Waals surface area (Å²) in [6.45, 7) is 6.05. The molecule has 4 heteroatoms. The third-order valence-corrected chi connectivity index (χ3v) is 3.00. The Morgan fingerprint density at radius 2 is 2.53 bits per heavy atom. The van der Waals surface area contributed by atoms with Gasteiger partial charge in [-0.25, -0.2) is 4.98 Å². The van der Waals surface area contributed by atoms with Crippen molar-refractivity contribution < 1.29 is 4.74 Å². The van der Waals surface area contributed by atoms with Gasteiger partial charge in [-0.3, -0.25) is 0 Å². The molecule has 4 nitrogen and oxygen atoms in total. The number of imidazole rings is 1. The molecule has 1 aliphatic heterocycles. The molecule has 1 saturated heterocycles. The Hall–Kier alpha value is -0.870. The first kappa shape index (κ1) is 10.6. The Bertz CT molecular complexity index is 273. The monoisotopic (exact) mass is 209 g/mol. The number of nitrogens with zero attached hydrogens (tertiary/aromatic N) is 2. The average Bonchev–Trinajstić information content (AvgIpc) is 2.74. The van der Waals surface area contributed by atoms with Gasteiger partial charge >= 0.3 is 0 Å². The van der Waals surface area contributed by atoms with Gasteiger partial charge in [0.2, 0.25) is 0 Å². The number of nitrogens with one attached hydrogen (secondary N) is 1. The molecule has 0 aromatic carbocycles. The van der Waals surface area contributed by atoms with Crippen LogP contribution in [0.25, 0.3) is 0 Å². The molecule has 0 saturated carbocycles. The second-order valence-corrected chi connectivity index (χ2v) is 4.18. The molecule has 1 N–H and O–H groups in total. The van der Waals surface area contributed by atoms with E-state index in [9.17, 15) is 0 Å². The summed E-state index contributed by atoms with van der Waals surface area (Å²) in [5.41, 5.74) is 0. The molecule has 0 bridgehead atoms. The number of hydrogen-bond donors (Lipinski definition) is 1. The van der Waals surface area contributed by atoms with Crippen molar-refractivity contribution in [2.45, 2.75) is 26.0 Å². The van der Waals surface area contributed by atoms with E-state index < -0.39 is 0 Å². The van der Waals surface area contributed by atoms with E-state index in [0.717, 1.165) is 26.2 Å². The smallest absolute Gasteiger partial charge is 0.0946 e. The largest absolute Gasteiger partial charge is 0.375 e. The summed E-state index contributed by atoms with van der Waals surface area (Å²) in [4.78, 5) is 4.00. The van der Waals surface area contributed by atoms with Crippen LogP contribution in [0.2, 0.25) is 0 Å². The van der Waals surface area contributed by atoms with Crippen LogP contribution >= 0.6 is 0 Å². The van der Waals surface area contributed by atoms with Crippen LogP contribution in [0.1, 0.15) is 13.3 Å². The number of aromatic nitrogens is 2. The number of rotatable bonds is 4. The molecule has 1 aliphatic rings. The van der Waals surface area contributed by atoms with E-state index in [1.54, 1.807) is 6.20 Å². The lowest BCUT2D eigenvalue weighted by atomic mass is 9.97. The number of piperidine rings is 1. The molecule has 0 radical (unpaired) electrons. The second kappa shape index (κ2) is 5.28. The van der Waals surface area contributed by atoms with Crippen molar-refractivity contribution in [2.75, 3.05) is 19.7 Å². The number of hydrogen-bond acceptors (Lipinski definition) is 3. The lowest BCUT2D eigenvalue weighted by Crippen LogP contribution is -2.41. The summed E-state index contributed by atoms with van der Waals surface area (Å²) in [6.07, 6.45) is 7.18. The topological polar surface area (TPSA) is 39.1 Å². The van der Waals surface area contributed by atoms with Crippen LogP contribution in [0.4, 0.5) is 0 Å². The molecular formula is C11H19N3O. The summed E-state index contributed by atoms with van der Waals surface area (Å²) < 4.78 is 7.90. The van der Waals surface area contributed by atoms with Crippen LogP contribution in [-0.4, -0.2) is 35.4 Å². The lowest BCUT2D eigenvalue weighted by molar-refractivity contribution is 0.000466. The van der Waals surface area contributed by atoms with Crippen LogP contribution in [0.5, 0.6) is 0 Å². The van der Waals surface area contributed by atoms with Gasteiger partial charge in [0.25, 0.3) is 0 Å². The van der Waals surface area contributed by atoms with Gasteiger partial charge in [-0.2, -0.15) is 0 Å². The summed E-state index contributed by atoms with van der Waals surface area (Å²) in [5, 5.41) is 3.36. The van der Waals surface area contributed by atoms with Gasteiger partial charge in [-0.1, -0.05) is 6.92 Å². The molecule has 2 unspecified atom stereocenters. The highest BCUT2D eigenvalue weighted by molar-refractivity contribution is 4.76. The fourth-order valence-electron chi connectivity index (χ4n) is 1.91. The van der Waals surface area contributed by atoms with E-state index in [2.05, 4.69) is 17.2 Å². The summed E-state index contributed by atoms with van der Waals surface area (Å²) >= 11 is 0. The molecule has 1 fully saturated rings. The maximum absolute atomic E-state index is 5.86. The van der Waals surface area contributed by atoms with Crippen LogP contribution < -0.4 is 5.32 Å². The third kappa shape index (κ3) is 3.04. The summed E-state index contributed by atoms with van der Waals surface area (Å²) in [7, 11) is 0. The molecular weight excluding hydrogens is 190 g/mol. The van der Waals surface area contributed by atoms with Crippen LogP contribution in [0.3, 0.4) is 0 Å². The molecule has 1 aromatic rings. The Kier molecular flexibility index (Phi) is 3.75. The van der Waals surface area contributed by atoms with E-state index >= 15 is 0 Å². The SMILES string of the molecule is CC1CCNCC1OCCn1ccnc1. The lowest BCUT2D eigenvalue weighted by Gasteiger charge is -2.29. The quantitative estimate of drug-likeness (QED) is 0.800. The van der Waals surface area contributed by atoms with E-state index in [1.807, 2.05) is 17.1 Å². The van der Waals surface area contributed by atoms with Crippen molar-refractivity contribution in [1.29, 1.82) is 0 Å². The van der Waals surface area contributed by atoms with Gasteiger partial charge in [-0.05, 0) is 18.9 Å². The average molecular weight is 209 g/mol. The van der Waals surface area contributed by atoms with Gasteiger partial charge in [-0.15, -0.1) is 0 Å². The Labute approximate surface area is 90.6 Å². The van der Waals surface area contributed by atoms with E-state index in [4.69, 9.17) is 4.74 Å². The third-order valence-electron chi connectivity index (χ3n) is 3.00. The van der Waals surface area contributed by atoms with Crippen molar-refractivity contribution in [2.24, 2.45) is 5.92 Å². The maximum Gasteiger partial charge on any atom is 0.0946 e. The number of ether oxygens (including phenoxy) is 1. The Morgan fingerprint density at radius 3 is 3.27 bits per heavy atom. The van der Waals surface area contributed by atoms with Crippen molar-refractivity contribution in [3.8, 4) is 0 Å². The minimum atomic E-state index is 0.377. The first-order valence-corrected chi connectivity index (χ1v) is 5.64. The molecule has 1 aromatic heterocycles. The van der Waals surface area contributed by atoms with Crippen LogP contribution in [0.15, 0.2) is 18.7 Å². The molecule has 15 heavy (non-hydrogen) atoms. The zero-order valence-electron chi connectivity index (χ0n) is 9.22.